The van der Waals surface area contributed by atoms with Crippen molar-refractivity contribution in [2.75, 3.05) is 19.8 Å². The first-order valence-electron chi connectivity index (χ1n) is 4.08. The molecule has 0 rings (SSSR count). The zero-order chi connectivity index (χ0) is 10.1. The van der Waals surface area contributed by atoms with Crippen LogP contribution in [0.1, 0.15) is 12.8 Å². The van der Waals surface area contributed by atoms with Gasteiger partial charge in [0, 0.05) is 37.9 Å². The van der Waals surface area contributed by atoms with Gasteiger partial charge < -0.3 is 22.7 Å². The van der Waals surface area contributed by atoms with Gasteiger partial charge in [0.25, 0.3) is 0 Å². The van der Waals surface area contributed by atoms with Gasteiger partial charge >= 0.3 is 0 Å². The average molecular weight is 238 g/mol. The second kappa shape index (κ2) is 10.6. The van der Waals surface area contributed by atoms with Gasteiger partial charge in [-0.25, -0.2) is 0 Å². The Bertz CT molecular complexity index is 176. The van der Waals surface area contributed by atoms with Crippen LogP contribution in [0.25, 0.3) is 0 Å². The van der Waals surface area contributed by atoms with E-state index < -0.39 is 5.91 Å². The van der Waals surface area contributed by atoms with E-state index in [0.29, 0.717) is 19.8 Å². The van der Waals surface area contributed by atoms with Crippen molar-refractivity contribution in [2.24, 2.45) is 5.73 Å². The molecule has 14 heavy (non-hydrogen) atoms. The molecule has 0 aromatic rings. The molecule has 0 spiro atoms. The summed E-state index contributed by atoms with van der Waals surface area (Å²) in [5, 5.41) is 2.57. The molecule has 81 valence electrons. The molecule has 0 aromatic carbocycles. The van der Waals surface area contributed by atoms with Crippen LogP contribution in [0.2, 0.25) is 0 Å². The summed E-state index contributed by atoms with van der Waals surface area (Å²) in [7, 11) is 0. The molecule has 6 heteroatoms. The Hall–Kier alpha value is -0.516. The number of nitrogens with one attached hydrogen (secondary N) is 1. The third-order valence-electron chi connectivity index (χ3n) is 1.31. The van der Waals surface area contributed by atoms with Crippen LogP contribution in [0.5, 0.6) is 0 Å². The molecule has 0 aliphatic rings. The third kappa shape index (κ3) is 11.5. The molecular formula is C8H15N2O3V-. The zero-order valence-electron chi connectivity index (χ0n) is 7.99. The quantitative estimate of drug-likeness (QED) is 0.450. The van der Waals surface area contributed by atoms with Gasteiger partial charge in [-0.05, 0) is 0 Å². The molecule has 2 amide bonds. The van der Waals surface area contributed by atoms with E-state index in [-0.39, 0.29) is 37.3 Å². The maximum atomic E-state index is 10.9. The number of hydrogen-bond donors (Lipinski definition) is 2. The van der Waals surface area contributed by atoms with Gasteiger partial charge in [0.15, 0.2) is 0 Å². The number of nitrogens with two attached hydrogens (primary N) is 1. The van der Waals surface area contributed by atoms with Crippen molar-refractivity contribution in [3.05, 3.63) is 6.92 Å². The van der Waals surface area contributed by atoms with Crippen LogP contribution >= 0.6 is 0 Å². The van der Waals surface area contributed by atoms with Crippen LogP contribution in [-0.4, -0.2) is 31.6 Å². The minimum atomic E-state index is -0.468. The Morgan fingerprint density at radius 2 is 2.00 bits per heavy atom. The second-order valence-electron chi connectivity index (χ2n) is 2.43. The van der Waals surface area contributed by atoms with Crippen LogP contribution in [0.4, 0.5) is 0 Å². The largest absolute Gasteiger partial charge is 0.412 e. The van der Waals surface area contributed by atoms with Gasteiger partial charge in [-0.2, -0.15) is 0 Å². The summed E-state index contributed by atoms with van der Waals surface area (Å²) >= 11 is 0. The van der Waals surface area contributed by atoms with Crippen LogP contribution in [0, 0.1) is 6.92 Å². The topological polar surface area (TPSA) is 81.4 Å². The van der Waals surface area contributed by atoms with E-state index in [9.17, 15) is 9.59 Å². The Balaban J connectivity index is 0. The molecule has 0 unspecified atom stereocenters. The summed E-state index contributed by atoms with van der Waals surface area (Å²) in [5.74, 6) is -0.657. The second-order valence-corrected chi connectivity index (χ2v) is 2.43. The maximum absolute atomic E-state index is 10.9. The van der Waals surface area contributed by atoms with Crippen molar-refractivity contribution in [3.8, 4) is 0 Å². The fraction of sp³-hybridized carbons (Fsp3) is 0.625. The van der Waals surface area contributed by atoms with Crippen LogP contribution in [-0.2, 0) is 32.9 Å². The number of primary amides is 1. The number of ether oxygens (including phenoxy) is 1. The summed E-state index contributed by atoms with van der Waals surface area (Å²) < 4.78 is 4.89. The molecule has 0 saturated heterocycles. The van der Waals surface area contributed by atoms with Gasteiger partial charge in [0.2, 0.25) is 11.8 Å². The number of carbonyl (C=O) groups is 2. The monoisotopic (exact) mass is 238 g/mol. The molecule has 0 aliphatic carbocycles. The van der Waals surface area contributed by atoms with Crippen molar-refractivity contribution in [1.29, 1.82) is 0 Å². The molecular weight excluding hydrogens is 223 g/mol. The summed E-state index contributed by atoms with van der Waals surface area (Å²) in [6, 6.07) is 0. The minimum Gasteiger partial charge on any atom is -0.412 e. The van der Waals surface area contributed by atoms with Gasteiger partial charge in [0.05, 0.1) is 6.61 Å². The van der Waals surface area contributed by atoms with E-state index in [2.05, 4.69) is 12.2 Å². The third-order valence-corrected chi connectivity index (χ3v) is 1.31. The first kappa shape index (κ1) is 15.9. The standard InChI is InChI=1S/C8H15N2O3.V/c1-2-13-6-5-10-8(12)4-3-7(9)11;/h1-6H2,(H2,9,11)(H,10,12);/q-1;. The smallest absolute Gasteiger partial charge is 0.220 e. The summed E-state index contributed by atoms with van der Waals surface area (Å²) in [6.45, 7) is 4.73. The number of hydrogen-bond acceptors (Lipinski definition) is 3. The first-order valence-corrected chi connectivity index (χ1v) is 4.08. The Labute approximate surface area is 95.6 Å². The summed E-state index contributed by atoms with van der Waals surface area (Å²) in [6.07, 6.45) is 0.224. The Kier molecular flexibility index (Phi) is 12.0. The minimum absolute atomic E-state index is 0. The van der Waals surface area contributed by atoms with Gasteiger partial charge in [0.1, 0.15) is 0 Å². The SMILES string of the molecule is [CH2-]COCCNC(=O)CCC(N)=O.[V]. The van der Waals surface area contributed by atoms with Crippen LogP contribution in [0.15, 0.2) is 0 Å². The number of carbonyl (C=O) groups excluding carboxylic acids is 2. The number of rotatable bonds is 7. The van der Waals surface area contributed by atoms with Crippen molar-refractivity contribution in [1.82, 2.24) is 5.32 Å². The van der Waals surface area contributed by atoms with Crippen LogP contribution < -0.4 is 11.1 Å². The van der Waals surface area contributed by atoms with Crippen molar-refractivity contribution in [2.45, 2.75) is 12.8 Å². The van der Waals surface area contributed by atoms with Gasteiger partial charge in [-0.1, -0.05) is 6.61 Å². The van der Waals surface area contributed by atoms with E-state index in [1.807, 2.05) is 0 Å². The molecule has 0 aliphatic heterocycles. The first-order chi connectivity index (χ1) is 6.16. The molecule has 5 nitrogen and oxygen atoms in total. The average Bonchev–Trinajstić information content (AvgIpc) is 2.09. The van der Waals surface area contributed by atoms with E-state index in [1.54, 1.807) is 0 Å². The van der Waals surface area contributed by atoms with E-state index in [4.69, 9.17) is 10.5 Å². The molecule has 0 atom stereocenters. The van der Waals surface area contributed by atoms with Crippen LogP contribution in [0.3, 0.4) is 0 Å². The number of amides is 2. The predicted octanol–water partition coefficient (Wildman–Crippen LogP) is -0.784. The maximum Gasteiger partial charge on any atom is 0.220 e. The van der Waals surface area contributed by atoms with Crippen molar-refractivity contribution >= 4 is 11.8 Å². The molecule has 3 N–H and O–H groups in total. The van der Waals surface area contributed by atoms with Crippen molar-refractivity contribution < 1.29 is 32.9 Å². The zero-order valence-corrected chi connectivity index (χ0v) is 9.39. The van der Waals surface area contributed by atoms with E-state index >= 15 is 0 Å². The summed E-state index contributed by atoms with van der Waals surface area (Å²) in [5.41, 5.74) is 4.87. The normalized spacial score (nSPS) is 8.93. The van der Waals surface area contributed by atoms with E-state index in [0.717, 1.165) is 0 Å². The molecule has 1 radical (unpaired) electrons. The van der Waals surface area contributed by atoms with Crippen molar-refractivity contribution in [3.63, 3.8) is 0 Å². The molecule has 0 aromatic heterocycles. The van der Waals surface area contributed by atoms with Gasteiger partial charge in [-0.3, -0.25) is 9.59 Å². The molecule has 0 heterocycles. The Morgan fingerprint density at radius 1 is 1.36 bits per heavy atom. The Morgan fingerprint density at radius 3 is 2.50 bits per heavy atom. The predicted molar refractivity (Wildman–Crippen MR) is 47.6 cm³/mol. The fourth-order valence-corrected chi connectivity index (χ4v) is 0.690. The molecule has 0 bridgehead atoms. The molecule has 0 saturated carbocycles. The van der Waals surface area contributed by atoms with E-state index in [1.165, 1.54) is 0 Å². The molecule has 0 fully saturated rings. The fourth-order valence-electron chi connectivity index (χ4n) is 0.690. The van der Waals surface area contributed by atoms with Gasteiger partial charge in [-0.15, -0.1) is 0 Å². The summed E-state index contributed by atoms with van der Waals surface area (Å²) in [4.78, 5) is 21.2.